The number of halogens is 2. The highest BCUT2D eigenvalue weighted by Crippen LogP contribution is 2.27. The average Bonchev–Trinajstić information content (AvgIpc) is 2.49. The molecule has 0 spiro atoms. The van der Waals surface area contributed by atoms with Crippen molar-refractivity contribution in [2.24, 2.45) is 5.92 Å². The van der Waals surface area contributed by atoms with Crippen LogP contribution >= 0.6 is 23.4 Å². The molecule has 0 amide bonds. The van der Waals surface area contributed by atoms with E-state index in [0.717, 1.165) is 30.9 Å². The van der Waals surface area contributed by atoms with Crippen LogP contribution in [-0.4, -0.2) is 24.1 Å². The van der Waals surface area contributed by atoms with Gasteiger partial charge in [-0.1, -0.05) is 24.6 Å². The quantitative estimate of drug-likeness (QED) is 0.761. The zero-order valence-corrected chi connectivity index (χ0v) is 14.3. The smallest absolute Gasteiger partial charge is 0.141 e. The Labute approximate surface area is 137 Å². The van der Waals surface area contributed by atoms with E-state index in [1.165, 1.54) is 36.8 Å². The Hall–Kier alpha value is -0.250. The molecular formula is C17H25ClFNS. The zero-order chi connectivity index (χ0) is 15.1. The van der Waals surface area contributed by atoms with Gasteiger partial charge in [0.15, 0.2) is 0 Å². The van der Waals surface area contributed by atoms with E-state index in [4.69, 9.17) is 11.6 Å². The fourth-order valence-corrected chi connectivity index (χ4v) is 4.33. The van der Waals surface area contributed by atoms with Gasteiger partial charge >= 0.3 is 0 Å². The van der Waals surface area contributed by atoms with E-state index in [9.17, 15) is 4.39 Å². The van der Waals surface area contributed by atoms with Gasteiger partial charge in [0.25, 0.3) is 0 Å². The first-order chi connectivity index (χ1) is 10.2. The van der Waals surface area contributed by atoms with Gasteiger partial charge in [0.2, 0.25) is 0 Å². The molecule has 0 aromatic heterocycles. The molecule has 1 N–H and O–H groups in total. The van der Waals surface area contributed by atoms with E-state index in [2.05, 4.69) is 24.0 Å². The molecule has 1 atom stereocenters. The molecule has 1 unspecified atom stereocenters. The maximum absolute atomic E-state index is 13.3. The highest BCUT2D eigenvalue weighted by molar-refractivity contribution is 7.99. The summed E-state index contributed by atoms with van der Waals surface area (Å²) >= 11 is 7.97. The Balaban J connectivity index is 1.95. The summed E-state index contributed by atoms with van der Waals surface area (Å²) in [5, 5.41) is 3.89. The third-order valence-corrected chi connectivity index (χ3v) is 5.45. The van der Waals surface area contributed by atoms with Gasteiger partial charge in [-0.2, -0.15) is 11.8 Å². The van der Waals surface area contributed by atoms with Gasteiger partial charge < -0.3 is 5.32 Å². The second kappa shape index (κ2) is 9.02. The fourth-order valence-electron chi connectivity index (χ4n) is 2.92. The third-order valence-electron chi connectivity index (χ3n) is 4.11. The first kappa shape index (κ1) is 17.1. The van der Waals surface area contributed by atoms with Crippen molar-refractivity contribution in [3.05, 3.63) is 34.6 Å². The van der Waals surface area contributed by atoms with Crippen molar-refractivity contribution >= 4 is 23.4 Å². The summed E-state index contributed by atoms with van der Waals surface area (Å²) < 4.78 is 13.3. The first-order valence-corrected chi connectivity index (χ1v) is 9.47. The van der Waals surface area contributed by atoms with Crippen LogP contribution in [0, 0.1) is 11.7 Å². The van der Waals surface area contributed by atoms with Crippen molar-refractivity contribution in [1.82, 2.24) is 5.32 Å². The molecule has 21 heavy (non-hydrogen) atoms. The summed E-state index contributed by atoms with van der Waals surface area (Å²) in [6.45, 7) is 3.23. The molecule has 1 nitrogen and oxygen atoms in total. The molecule has 0 radical (unpaired) electrons. The molecule has 1 fully saturated rings. The number of thioether (sulfide) groups is 1. The number of hydrogen-bond donors (Lipinski definition) is 1. The second-order valence-electron chi connectivity index (χ2n) is 5.90. The lowest BCUT2D eigenvalue weighted by Gasteiger charge is -2.27. The van der Waals surface area contributed by atoms with Gasteiger partial charge in [-0.25, -0.2) is 4.39 Å². The number of nitrogens with one attached hydrogen (secondary N) is 1. The molecular weight excluding hydrogens is 305 g/mol. The van der Waals surface area contributed by atoms with Gasteiger partial charge in [-0.3, -0.25) is 0 Å². The van der Waals surface area contributed by atoms with Crippen LogP contribution in [0.15, 0.2) is 18.2 Å². The first-order valence-electron chi connectivity index (χ1n) is 7.94. The highest BCUT2D eigenvalue weighted by Gasteiger charge is 2.19. The van der Waals surface area contributed by atoms with Gasteiger partial charge in [-0.15, -0.1) is 0 Å². The van der Waals surface area contributed by atoms with Crippen LogP contribution in [0.1, 0.15) is 38.2 Å². The minimum atomic E-state index is -0.331. The zero-order valence-electron chi connectivity index (χ0n) is 12.7. The molecule has 1 saturated heterocycles. The van der Waals surface area contributed by atoms with Gasteiger partial charge in [-0.05, 0) is 73.8 Å². The maximum Gasteiger partial charge on any atom is 0.141 e. The fraction of sp³-hybridized carbons (Fsp3) is 0.647. The normalized spacial score (nSPS) is 17.9. The van der Waals surface area contributed by atoms with Crippen molar-refractivity contribution in [2.45, 2.75) is 45.1 Å². The summed E-state index contributed by atoms with van der Waals surface area (Å²) in [6, 6.07) is 5.58. The second-order valence-corrected chi connectivity index (χ2v) is 7.53. The molecule has 1 aliphatic rings. The van der Waals surface area contributed by atoms with E-state index in [-0.39, 0.29) is 10.8 Å². The summed E-state index contributed by atoms with van der Waals surface area (Å²) in [4.78, 5) is 0. The Bertz CT molecular complexity index is 435. The van der Waals surface area contributed by atoms with Crippen molar-refractivity contribution in [2.75, 3.05) is 18.1 Å². The predicted molar refractivity (Wildman–Crippen MR) is 91.9 cm³/mol. The lowest BCUT2D eigenvalue weighted by molar-refractivity contribution is 0.362. The Kier molecular flexibility index (Phi) is 7.35. The van der Waals surface area contributed by atoms with Gasteiger partial charge in [0.05, 0.1) is 5.02 Å². The highest BCUT2D eigenvalue weighted by atomic mass is 35.5. The molecule has 2 rings (SSSR count). The lowest BCUT2D eigenvalue weighted by Crippen LogP contribution is -2.34. The third kappa shape index (κ3) is 5.80. The van der Waals surface area contributed by atoms with Crippen molar-refractivity contribution in [1.29, 1.82) is 0 Å². The van der Waals surface area contributed by atoms with Gasteiger partial charge in [0, 0.05) is 6.04 Å². The number of hydrogen-bond acceptors (Lipinski definition) is 2. The van der Waals surface area contributed by atoms with Crippen molar-refractivity contribution < 1.29 is 4.39 Å². The van der Waals surface area contributed by atoms with E-state index in [0.29, 0.717) is 6.04 Å². The molecule has 0 saturated carbocycles. The van der Waals surface area contributed by atoms with E-state index >= 15 is 0 Å². The van der Waals surface area contributed by atoms with E-state index in [1.54, 1.807) is 6.07 Å². The maximum atomic E-state index is 13.3. The molecule has 118 valence electrons. The van der Waals surface area contributed by atoms with Crippen molar-refractivity contribution in [3.8, 4) is 0 Å². The van der Waals surface area contributed by atoms with Crippen LogP contribution in [0.4, 0.5) is 4.39 Å². The van der Waals surface area contributed by atoms with Crippen LogP contribution in [0.3, 0.4) is 0 Å². The standard InChI is InChI=1S/C17H25ClFNS/c1-2-7-20-15(10-13-5-8-21-9-6-13)11-14-3-4-17(19)16(18)12-14/h3-4,12-13,15,20H,2,5-11H2,1H3. The summed E-state index contributed by atoms with van der Waals surface area (Å²) in [5.74, 6) is 3.10. The number of benzene rings is 1. The molecule has 1 aromatic carbocycles. The number of rotatable bonds is 7. The monoisotopic (exact) mass is 329 g/mol. The van der Waals surface area contributed by atoms with Crippen molar-refractivity contribution in [3.63, 3.8) is 0 Å². The van der Waals surface area contributed by atoms with E-state index < -0.39 is 0 Å². The predicted octanol–water partition coefficient (Wildman–Crippen LogP) is 4.92. The molecule has 1 aromatic rings. The summed E-state index contributed by atoms with van der Waals surface area (Å²) in [6.07, 6.45) is 5.96. The summed E-state index contributed by atoms with van der Waals surface area (Å²) in [7, 11) is 0. The topological polar surface area (TPSA) is 12.0 Å². The minimum absolute atomic E-state index is 0.232. The summed E-state index contributed by atoms with van der Waals surface area (Å²) in [5.41, 5.74) is 1.13. The molecule has 0 aliphatic carbocycles. The molecule has 0 bridgehead atoms. The molecule has 1 aliphatic heterocycles. The SMILES string of the molecule is CCCNC(Cc1ccc(F)c(Cl)c1)CC1CCSCC1. The van der Waals surface area contributed by atoms with Crippen LogP contribution < -0.4 is 5.32 Å². The minimum Gasteiger partial charge on any atom is -0.314 e. The largest absolute Gasteiger partial charge is 0.314 e. The van der Waals surface area contributed by atoms with E-state index in [1.807, 2.05) is 6.07 Å². The Morgan fingerprint density at radius 3 is 2.81 bits per heavy atom. The Morgan fingerprint density at radius 1 is 1.38 bits per heavy atom. The van der Waals surface area contributed by atoms with Crippen LogP contribution in [0.25, 0.3) is 0 Å². The van der Waals surface area contributed by atoms with Crippen LogP contribution in [0.5, 0.6) is 0 Å². The van der Waals surface area contributed by atoms with Gasteiger partial charge in [0.1, 0.15) is 5.82 Å². The molecule has 4 heteroatoms. The molecule has 1 heterocycles. The van der Waals surface area contributed by atoms with Crippen LogP contribution in [-0.2, 0) is 6.42 Å². The average molecular weight is 330 g/mol. The Morgan fingerprint density at radius 2 is 2.14 bits per heavy atom. The van der Waals surface area contributed by atoms with Crippen LogP contribution in [0.2, 0.25) is 5.02 Å². The lowest BCUT2D eigenvalue weighted by atomic mass is 9.91.